The van der Waals surface area contributed by atoms with Gasteiger partial charge >= 0.3 is 6.03 Å². The summed E-state index contributed by atoms with van der Waals surface area (Å²) in [6.45, 7) is 5.35. The first-order valence-electron chi connectivity index (χ1n) is 10.4. The number of benzene rings is 1. The smallest absolute Gasteiger partial charge is 0.321 e. The molecule has 3 amide bonds. The molecule has 1 saturated heterocycles. The third-order valence-corrected chi connectivity index (χ3v) is 5.74. The van der Waals surface area contributed by atoms with Crippen molar-refractivity contribution in [2.75, 3.05) is 32.5 Å². The summed E-state index contributed by atoms with van der Waals surface area (Å²) in [6, 6.07) is 5.66. The minimum Gasteiger partial charge on any atom is -0.487 e. The van der Waals surface area contributed by atoms with Crippen LogP contribution in [0.5, 0.6) is 5.75 Å². The fraction of sp³-hybridized carbons (Fsp3) is 0.500. The van der Waals surface area contributed by atoms with Crippen LogP contribution in [-0.4, -0.2) is 64.7 Å². The zero-order valence-electron chi connectivity index (χ0n) is 18.0. The highest BCUT2D eigenvalue weighted by Crippen LogP contribution is 2.36. The van der Waals surface area contributed by atoms with Crippen LogP contribution < -0.4 is 10.1 Å². The van der Waals surface area contributed by atoms with Gasteiger partial charge in [-0.05, 0) is 44.9 Å². The predicted octanol–water partition coefficient (Wildman–Crippen LogP) is 3.24. The van der Waals surface area contributed by atoms with Gasteiger partial charge in [-0.3, -0.25) is 9.89 Å². The van der Waals surface area contributed by atoms with Gasteiger partial charge < -0.3 is 19.9 Å². The summed E-state index contributed by atoms with van der Waals surface area (Å²) in [5.41, 5.74) is 3.05. The molecular formula is C22H29N5O3. The molecule has 2 aliphatic rings. The number of hydrogen-bond acceptors (Lipinski definition) is 4. The van der Waals surface area contributed by atoms with Crippen molar-refractivity contribution in [3.8, 4) is 5.75 Å². The van der Waals surface area contributed by atoms with Crippen LogP contribution >= 0.6 is 0 Å². The van der Waals surface area contributed by atoms with Crippen molar-refractivity contribution < 1.29 is 14.3 Å². The number of hydrogen-bond donors (Lipinski definition) is 2. The van der Waals surface area contributed by atoms with Crippen LogP contribution in [0, 0.1) is 0 Å². The Balaban J connectivity index is 1.44. The van der Waals surface area contributed by atoms with E-state index in [4.69, 9.17) is 4.74 Å². The fourth-order valence-electron chi connectivity index (χ4n) is 4.31. The van der Waals surface area contributed by atoms with Crippen LogP contribution in [0.4, 0.5) is 10.5 Å². The first-order valence-corrected chi connectivity index (χ1v) is 10.4. The molecule has 30 heavy (non-hydrogen) atoms. The average molecular weight is 412 g/mol. The van der Waals surface area contributed by atoms with Gasteiger partial charge in [0.2, 0.25) is 0 Å². The lowest BCUT2D eigenvalue weighted by Gasteiger charge is -2.32. The number of anilines is 1. The molecule has 0 spiro atoms. The normalized spacial score (nSPS) is 19.7. The quantitative estimate of drug-likeness (QED) is 0.811. The first kappa shape index (κ1) is 20.3. The molecule has 160 valence electrons. The van der Waals surface area contributed by atoms with Gasteiger partial charge in [0.25, 0.3) is 5.91 Å². The average Bonchev–Trinajstić information content (AvgIpc) is 3.30. The molecule has 8 nitrogen and oxygen atoms in total. The number of nitrogens with one attached hydrogen (secondary N) is 2. The summed E-state index contributed by atoms with van der Waals surface area (Å²) in [5.74, 6) is 0.858. The number of carbonyl (C=O) groups is 2. The van der Waals surface area contributed by atoms with E-state index in [1.807, 2.05) is 23.1 Å². The van der Waals surface area contributed by atoms with E-state index in [1.165, 1.54) is 0 Å². The largest absolute Gasteiger partial charge is 0.487 e. The van der Waals surface area contributed by atoms with Crippen molar-refractivity contribution in [3.05, 3.63) is 41.2 Å². The number of fused-ring (bicyclic) bond motifs is 1. The third kappa shape index (κ3) is 3.99. The number of carbonyl (C=O) groups excluding carboxylic acids is 2. The van der Waals surface area contributed by atoms with Crippen molar-refractivity contribution in [1.82, 2.24) is 20.0 Å². The lowest BCUT2D eigenvalue weighted by atomic mass is 9.92. The van der Waals surface area contributed by atoms with Gasteiger partial charge in [0, 0.05) is 50.8 Å². The molecule has 0 saturated carbocycles. The molecule has 2 aliphatic heterocycles. The second-order valence-electron chi connectivity index (χ2n) is 8.97. The van der Waals surface area contributed by atoms with Crippen LogP contribution in [0.25, 0.3) is 0 Å². The van der Waals surface area contributed by atoms with Crippen molar-refractivity contribution in [3.63, 3.8) is 0 Å². The van der Waals surface area contributed by atoms with E-state index in [-0.39, 0.29) is 23.5 Å². The molecule has 2 N–H and O–H groups in total. The zero-order chi connectivity index (χ0) is 21.5. The van der Waals surface area contributed by atoms with E-state index >= 15 is 0 Å². The minimum atomic E-state index is -0.211. The number of rotatable bonds is 3. The summed E-state index contributed by atoms with van der Waals surface area (Å²) in [6.07, 6.45) is 4.18. The fourth-order valence-corrected chi connectivity index (χ4v) is 4.31. The molecule has 0 aliphatic carbocycles. The Morgan fingerprint density at radius 3 is 2.90 bits per heavy atom. The van der Waals surface area contributed by atoms with Gasteiger partial charge in [0.1, 0.15) is 11.4 Å². The number of aromatic nitrogens is 2. The standard InChI is InChI=1S/C22H29N5O3/c1-22(2)11-15-10-16(7-8-18(15)30-22)24-21(29)27-9-5-6-14(13-27)19-17(12-23-25-19)20(28)26(3)4/h7-8,10,12,14H,5-6,9,11,13H2,1-4H3,(H,23,25)(H,24,29). The van der Waals surface area contributed by atoms with Crippen LogP contribution in [0.3, 0.4) is 0 Å². The van der Waals surface area contributed by atoms with Crippen molar-refractivity contribution in [1.29, 1.82) is 0 Å². The van der Waals surface area contributed by atoms with E-state index in [1.54, 1.807) is 25.2 Å². The van der Waals surface area contributed by atoms with E-state index < -0.39 is 0 Å². The molecule has 0 bridgehead atoms. The molecule has 4 rings (SSSR count). The summed E-state index contributed by atoms with van der Waals surface area (Å²) >= 11 is 0. The topological polar surface area (TPSA) is 90.6 Å². The highest BCUT2D eigenvalue weighted by atomic mass is 16.5. The van der Waals surface area contributed by atoms with Crippen molar-refractivity contribution >= 4 is 17.6 Å². The second-order valence-corrected chi connectivity index (χ2v) is 8.97. The van der Waals surface area contributed by atoms with Gasteiger partial charge in [0.15, 0.2) is 0 Å². The monoisotopic (exact) mass is 411 g/mol. The van der Waals surface area contributed by atoms with E-state index in [2.05, 4.69) is 29.4 Å². The molecular weight excluding hydrogens is 382 g/mol. The summed E-state index contributed by atoms with van der Waals surface area (Å²) in [7, 11) is 3.45. The Bertz CT molecular complexity index is 965. The zero-order valence-corrected chi connectivity index (χ0v) is 18.0. The van der Waals surface area contributed by atoms with Crippen LogP contribution in [0.15, 0.2) is 24.4 Å². The highest BCUT2D eigenvalue weighted by molar-refractivity contribution is 5.95. The molecule has 1 aromatic heterocycles. The summed E-state index contributed by atoms with van der Waals surface area (Å²) in [5, 5.41) is 10.1. The second kappa shape index (κ2) is 7.66. The number of H-pyrrole nitrogens is 1. The molecule has 2 aromatic rings. The molecule has 1 aromatic carbocycles. The SMILES string of the molecule is CN(C)C(=O)c1cn[nH]c1C1CCCN(C(=O)Nc2ccc3c(c2)CC(C)(C)O3)C1. The van der Waals surface area contributed by atoms with Crippen molar-refractivity contribution in [2.24, 2.45) is 0 Å². The lowest BCUT2D eigenvalue weighted by molar-refractivity contribution is 0.0825. The third-order valence-electron chi connectivity index (χ3n) is 5.74. The first-order chi connectivity index (χ1) is 14.2. The Hall–Kier alpha value is -3.03. The van der Waals surface area contributed by atoms with E-state index in [9.17, 15) is 9.59 Å². The maximum atomic E-state index is 12.9. The van der Waals surface area contributed by atoms with E-state index in [0.29, 0.717) is 18.7 Å². The molecule has 1 atom stereocenters. The number of likely N-dealkylation sites (tertiary alicyclic amines) is 1. The molecule has 3 heterocycles. The highest BCUT2D eigenvalue weighted by Gasteiger charge is 2.31. The Labute approximate surface area is 176 Å². The molecule has 0 radical (unpaired) electrons. The van der Waals surface area contributed by atoms with Crippen LogP contribution in [-0.2, 0) is 6.42 Å². The Morgan fingerprint density at radius 1 is 1.33 bits per heavy atom. The summed E-state index contributed by atoms with van der Waals surface area (Å²) in [4.78, 5) is 28.7. The van der Waals surface area contributed by atoms with Gasteiger partial charge in [-0.1, -0.05) is 0 Å². The minimum absolute atomic E-state index is 0.0557. The van der Waals surface area contributed by atoms with Gasteiger partial charge in [-0.15, -0.1) is 0 Å². The number of ether oxygens (including phenoxy) is 1. The number of piperidine rings is 1. The summed E-state index contributed by atoms with van der Waals surface area (Å²) < 4.78 is 5.91. The number of aromatic amines is 1. The predicted molar refractivity (Wildman–Crippen MR) is 114 cm³/mol. The van der Waals surface area contributed by atoms with Crippen LogP contribution in [0.1, 0.15) is 54.2 Å². The number of nitrogens with zero attached hydrogens (tertiary/aromatic N) is 3. The maximum Gasteiger partial charge on any atom is 0.321 e. The molecule has 8 heteroatoms. The van der Waals surface area contributed by atoms with Gasteiger partial charge in [-0.25, -0.2) is 4.79 Å². The van der Waals surface area contributed by atoms with Crippen molar-refractivity contribution in [2.45, 2.75) is 44.6 Å². The van der Waals surface area contributed by atoms with Gasteiger partial charge in [-0.2, -0.15) is 5.10 Å². The Morgan fingerprint density at radius 2 is 2.13 bits per heavy atom. The van der Waals surface area contributed by atoms with Crippen LogP contribution in [0.2, 0.25) is 0 Å². The maximum absolute atomic E-state index is 12.9. The lowest BCUT2D eigenvalue weighted by Crippen LogP contribution is -2.42. The molecule has 1 unspecified atom stereocenters. The van der Waals surface area contributed by atoms with Gasteiger partial charge in [0.05, 0.1) is 17.5 Å². The molecule has 1 fully saturated rings. The Kier molecular flexibility index (Phi) is 5.17. The number of urea groups is 1. The number of amides is 3. The van der Waals surface area contributed by atoms with E-state index in [0.717, 1.165) is 42.0 Å².